The predicted octanol–water partition coefficient (Wildman–Crippen LogP) is 4.73. The smallest absolute Gasteiger partial charge is 0.340 e. The molecule has 0 atom stereocenters. The van der Waals surface area contributed by atoms with Crippen LogP contribution in [0.5, 0.6) is 0 Å². The zero-order chi connectivity index (χ0) is 21.0. The third kappa shape index (κ3) is 4.37. The molecule has 1 aromatic heterocycles. The summed E-state index contributed by atoms with van der Waals surface area (Å²) in [4.78, 5) is 25.2. The highest BCUT2D eigenvalue weighted by molar-refractivity contribution is 5.96. The number of carbonyl (C=O) groups is 2. The molecule has 6 heteroatoms. The monoisotopic (exact) mass is 394 g/mol. The molecule has 2 aromatic carbocycles. The van der Waals surface area contributed by atoms with Crippen molar-refractivity contribution in [2.75, 3.05) is 11.9 Å². The van der Waals surface area contributed by atoms with Gasteiger partial charge in [-0.1, -0.05) is 36.4 Å². The number of nitrogens with zero attached hydrogens (tertiary/aromatic N) is 1. The Bertz CT molecular complexity index is 1040. The van der Waals surface area contributed by atoms with Crippen LogP contribution in [0.3, 0.4) is 0 Å². The van der Waals surface area contributed by atoms with Crippen molar-refractivity contribution >= 4 is 17.6 Å². The molecule has 1 N–H and O–H groups in total. The molecule has 29 heavy (non-hydrogen) atoms. The number of hydrogen-bond donors (Lipinski definition) is 1. The van der Waals surface area contributed by atoms with Crippen molar-refractivity contribution in [1.82, 2.24) is 4.57 Å². The maximum atomic E-state index is 13.4. The van der Waals surface area contributed by atoms with Gasteiger partial charge in [-0.2, -0.15) is 0 Å². The van der Waals surface area contributed by atoms with Gasteiger partial charge in [0.15, 0.2) is 0 Å². The average Bonchev–Trinajstić information content (AvgIpc) is 2.92. The fourth-order valence-corrected chi connectivity index (χ4v) is 3.48. The van der Waals surface area contributed by atoms with E-state index >= 15 is 0 Å². The van der Waals surface area contributed by atoms with Gasteiger partial charge < -0.3 is 14.6 Å². The molecule has 0 bridgehead atoms. The van der Waals surface area contributed by atoms with Gasteiger partial charge in [0.25, 0.3) is 0 Å². The number of halogens is 1. The average molecular weight is 394 g/mol. The molecule has 3 aromatic rings. The van der Waals surface area contributed by atoms with E-state index in [0.717, 1.165) is 16.8 Å². The van der Waals surface area contributed by atoms with Crippen molar-refractivity contribution in [3.05, 3.63) is 77.2 Å². The minimum Gasteiger partial charge on any atom is -0.462 e. The number of nitrogens with one attached hydrogen (secondary N) is 1. The lowest BCUT2D eigenvalue weighted by Crippen LogP contribution is -2.20. The van der Waals surface area contributed by atoms with Crippen LogP contribution in [0.4, 0.5) is 10.1 Å². The van der Waals surface area contributed by atoms with Crippen LogP contribution in [0.25, 0.3) is 11.3 Å². The maximum Gasteiger partial charge on any atom is 0.340 e. The summed E-state index contributed by atoms with van der Waals surface area (Å²) < 4.78 is 20.4. The first-order valence-corrected chi connectivity index (χ1v) is 9.40. The molecule has 5 nitrogen and oxygen atoms in total. The number of aromatic nitrogens is 1. The Kier molecular flexibility index (Phi) is 6.12. The molecule has 0 unspecified atom stereocenters. The van der Waals surface area contributed by atoms with Crippen LogP contribution in [0.1, 0.15) is 28.5 Å². The van der Waals surface area contributed by atoms with Crippen molar-refractivity contribution in [3.8, 4) is 11.3 Å². The molecule has 0 fully saturated rings. The Labute approximate surface area is 169 Å². The Morgan fingerprint density at radius 3 is 2.45 bits per heavy atom. The molecular formula is C23H23FN2O3. The minimum atomic E-state index is -0.426. The van der Waals surface area contributed by atoms with Crippen LogP contribution >= 0.6 is 0 Å². The summed E-state index contributed by atoms with van der Waals surface area (Å²) >= 11 is 0. The van der Waals surface area contributed by atoms with Crippen LogP contribution in [0, 0.1) is 19.7 Å². The van der Waals surface area contributed by atoms with Gasteiger partial charge in [-0.3, -0.25) is 4.79 Å². The summed E-state index contributed by atoms with van der Waals surface area (Å²) in [6.07, 6.45) is 0. The summed E-state index contributed by atoms with van der Waals surface area (Å²) in [6, 6.07) is 15.3. The van der Waals surface area contributed by atoms with E-state index in [1.165, 1.54) is 18.2 Å². The molecule has 1 heterocycles. The normalized spacial score (nSPS) is 10.6. The zero-order valence-corrected chi connectivity index (χ0v) is 16.7. The van der Waals surface area contributed by atoms with Gasteiger partial charge in [-0.15, -0.1) is 0 Å². The molecule has 0 aliphatic heterocycles. The summed E-state index contributed by atoms with van der Waals surface area (Å²) in [5, 5.41) is 2.70. The molecule has 0 spiro atoms. The van der Waals surface area contributed by atoms with E-state index in [2.05, 4.69) is 5.32 Å². The van der Waals surface area contributed by atoms with Gasteiger partial charge >= 0.3 is 5.97 Å². The lowest BCUT2D eigenvalue weighted by Gasteiger charge is -2.13. The SMILES string of the molecule is CCOC(=O)c1c(C)c(-c2ccccc2)n(CC(=O)Nc2cccc(F)c2)c1C. The van der Waals surface area contributed by atoms with Crippen molar-refractivity contribution in [3.63, 3.8) is 0 Å². The quantitative estimate of drug-likeness (QED) is 0.615. The first-order valence-electron chi connectivity index (χ1n) is 9.40. The lowest BCUT2D eigenvalue weighted by molar-refractivity contribution is -0.116. The summed E-state index contributed by atoms with van der Waals surface area (Å²) in [7, 11) is 0. The second kappa shape index (κ2) is 8.73. The zero-order valence-electron chi connectivity index (χ0n) is 16.7. The van der Waals surface area contributed by atoms with Crippen LogP contribution < -0.4 is 5.32 Å². The highest BCUT2D eigenvalue weighted by atomic mass is 19.1. The van der Waals surface area contributed by atoms with Crippen LogP contribution in [-0.2, 0) is 16.1 Å². The van der Waals surface area contributed by atoms with Crippen molar-refractivity contribution < 1.29 is 18.7 Å². The molecule has 0 saturated carbocycles. The molecule has 0 radical (unpaired) electrons. The van der Waals surface area contributed by atoms with Gasteiger partial charge in [0.05, 0.1) is 17.9 Å². The number of hydrogen-bond acceptors (Lipinski definition) is 3. The van der Waals surface area contributed by atoms with Gasteiger partial charge in [0, 0.05) is 11.4 Å². The first-order chi connectivity index (χ1) is 13.9. The number of amides is 1. The molecule has 150 valence electrons. The Hall–Kier alpha value is -3.41. The minimum absolute atomic E-state index is 0.0210. The molecule has 0 saturated heterocycles. The first kappa shape index (κ1) is 20.3. The summed E-state index contributed by atoms with van der Waals surface area (Å²) in [6.45, 7) is 5.64. The van der Waals surface area contributed by atoms with E-state index in [1.807, 2.05) is 37.3 Å². The van der Waals surface area contributed by atoms with Crippen molar-refractivity contribution in [2.24, 2.45) is 0 Å². The third-order valence-electron chi connectivity index (χ3n) is 4.70. The highest BCUT2D eigenvalue weighted by Gasteiger charge is 2.25. The Balaban J connectivity index is 2.01. The summed E-state index contributed by atoms with van der Waals surface area (Å²) in [5.74, 6) is -1.16. The van der Waals surface area contributed by atoms with Crippen LogP contribution in [0.15, 0.2) is 54.6 Å². The second-order valence-corrected chi connectivity index (χ2v) is 6.67. The third-order valence-corrected chi connectivity index (χ3v) is 4.70. The number of ether oxygens (including phenoxy) is 1. The van der Waals surface area contributed by atoms with E-state index in [4.69, 9.17) is 4.74 Å². The molecule has 1 amide bonds. The van der Waals surface area contributed by atoms with Gasteiger partial charge in [-0.25, -0.2) is 9.18 Å². The maximum absolute atomic E-state index is 13.4. The highest BCUT2D eigenvalue weighted by Crippen LogP contribution is 2.31. The second-order valence-electron chi connectivity index (χ2n) is 6.67. The van der Waals surface area contributed by atoms with Crippen molar-refractivity contribution in [2.45, 2.75) is 27.3 Å². The van der Waals surface area contributed by atoms with E-state index in [-0.39, 0.29) is 19.1 Å². The molecule has 3 rings (SSSR count). The van der Waals surface area contributed by atoms with E-state index in [9.17, 15) is 14.0 Å². The van der Waals surface area contributed by atoms with Crippen LogP contribution in [-0.4, -0.2) is 23.1 Å². The van der Waals surface area contributed by atoms with E-state index in [1.54, 1.807) is 24.5 Å². The molecule has 0 aliphatic rings. The number of carbonyl (C=O) groups excluding carboxylic acids is 2. The molecule has 0 aliphatic carbocycles. The number of esters is 1. The Morgan fingerprint density at radius 2 is 1.79 bits per heavy atom. The van der Waals surface area contributed by atoms with Gasteiger partial charge in [-0.05, 0) is 50.1 Å². The van der Waals surface area contributed by atoms with E-state index < -0.39 is 11.8 Å². The van der Waals surface area contributed by atoms with Gasteiger partial charge in [0.1, 0.15) is 12.4 Å². The van der Waals surface area contributed by atoms with Gasteiger partial charge in [0.2, 0.25) is 5.91 Å². The lowest BCUT2D eigenvalue weighted by atomic mass is 10.1. The standard InChI is InChI=1S/C23H23FN2O3/c1-4-29-23(28)21-15(2)22(17-9-6-5-7-10-17)26(16(21)3)14-20(27)25-19-12-8-11-18(24)13-19/h5-13H,4,14H2,1-3H3,(H,25,27). The largest absolute Gasteiger partial charge is 0.462 e. The predicted molar refractivity (Wildman–Crippen MR) is 110 cm³/mol. The fraction of sp³-hybridized carbons (Fsp3) is 0.217. The fourth-order valence-electron chi connectivity index (χ4n) is 3.48. The summed E-state index contributed by atoms with van der Waals surface area (Å²) in [5.41, 5.74) is 3.91. The number of anilines is 1. The van der Waals surface area contributed by atoms with E-state index in [0.29, 0.717) is 16.9 Å². The van der Waals surface area contributed by atoms with Crippen LogP contribution in [0.2, 0.25) is 0 Å². The van der Waals surface area contributed by atoms with Crippen molar-refractivity contribution in [1.29, 1.82) is 0 Å². The number of rotatable bonds is 6. The number of benzene rings is 2. The topological polar surface area (TPSA) is 60.3 Å². The molecular weight excluding hydrogens is 371 g/mol. The Morgan fingerprint density at radius 1 is 1.07 bits per heavy atom.